The zero-order valence-electron chi connectivity index (χ0n) is 12.2. The number of nitrogens with zero attached hydrogens (tertiary/aromatic N) is 3. The van der Waals surface area contributed by atoms with Crippen molar-refractivity contribution in [2.24, 2.45) is 5.41 Å². The van der Waals surface area contributed by atoms with Gasteiger partial charge in [-0.05, 0) is 37.9 Å². The van der Waals surface area contributed by atoms with Crippen LogP contribution in [-0.2, 0) is 11.3 Å². The first kappa shape index (κ1) is 13.6. The minimum atomic E-state index is 0.226. The lowest BCUT2D eigenvalue weighted by molar-refractivity contribution is -0.128. The van der Waals surface area contributed by atoms with Crippen molar-refractivity contribution in [2.45, 2.75) is 32.7 Å². The van der Waals surface area contributed by atoms with Gasteiger partial charge in [0, 0.05) is 44.7 Å². The second-order valence-corrected chi connectivity index (χ2v) is 6.33. The van der Waals surface area contributed by atoms with E-state index in [2.05, 4.69) is 22.0 Å². The lowest BCUT2D eigenvalue weighted by Gasteiger charge is -2.40. The number of pyridine rings is 1. The Morgan fingerprint density at radius 2 is 2.20 bits per heavy atom. The topological polar surface area (TPSA) is 36.4 Å². The SMILES string of the molecule is CC(=O)N1CCC2(CCCN(Cc3ccccn3)C2)C1. The maximum atomic E-state index is 11.5. The standard InChI is InChI=1S/C16H23N3O/c1-14(20)19-10-7-16(13-19)6-4-9-18(12-16)11-15-5-2-3-8-17-15/h2-3,5,8H,4,6-7,9-13H2,1H3. The van der Waals surface area contributed by atoms with Crippen LogP contribution in [0.3, 0.4) is 0 Å². The molecule has 1 spiro atoms. The second kappa shape index (κ2) is 5.52. The van der Waals surface area contributed by atoms with Crippen molar-refractivity contribution in [2.75, 3.05) is 26.2 Å². The molecule has 0 aromatic carbocycles. The first-order chi connectivity index (χ1) is 9.67. The third-order valence-electron chi connectivity index (χ3n) is 4.74. The molecule has 1 atom stereocenters. The first-order valence-electron chi connectivity index (χ1n) is 7.55. The van der Waals surface area contributed by atoms with E-state index in [0.29, 0.717) is 5.41 Å². The van der Waals surface area contributed by atoms with Crippen LogP contribution >= 0.6 is 0 Å². The molecule has 3 rings (SSSR count). The summed E-state index contributed by atoms with van der Waals surface area (Å²) in [4.78, 5) is 20.5. The van der Waals surface area contributed by atoms with E-state index in [1.165, 1.54) is 12.8 Å². The number of hydrogen-bond donors (Lipinski definition) is 0. The Balaban J connectivity index is 1.64. The molecule has 4 heteroatoms. The van der Waals surface area contributed by atoms with E-state index in [0.717, 1.165) is 44.8 Å². The number of rotatable bonds is 2. The van der Waals surface area contributed by atoms with Crippen molar-refractivity contribution >= 4 is 5.91 Å². The average molecular weight is 273 g/mol. The van der Waals surface area contributed by atoms with Gasteiger partial charge in [0.05, 0.1) is 5.69 Å². The molecule has 20 heavy (non-hydrogen) atoms. The normalized spacial score (nSPS) is 27.1. The number of piperidine rings is 1. The van der Waals surface area contributed by atoms with Crippen LogP contribution in [0.4, 0.5) is 0 Å². The predicted octanol–water partition coefficient (Wildman–Crippen LogP) is 1.92. The van der Waals surface area contributed by atoms with Crippen LogP contribution in [0.1, 0.15) is 31.9 Å². The molecule has 1 aromatic rings. The molecule has 1 aromatic heterocycles. The number of amides is 1. The van der Waals surface area contributed by atoms with Crippen LogP contribution < -0.4 is 0 Å². The van der Waals surface area contributed by atoms with E-state index in [4.69, 9.17) is 0 Å². The van der Waals surface area contributed by atoms with Gasteiger partial charge in [-0.1, -0.05) is 6.07 Å². The molecular formula is C16H23N3O. The third kappa shape index (κ3) is 2.85. The highest BCUT2D eigenvalue weighted by Crippen LogP contribution is 2.39. The van der Waals surface area contributed by atoms with E-state index < -0.39 is 0 Å². The fourth-order valence-electron chi connectivity index (χ4n) is 3.70. The van der Waals surface area contributed by atoms with Crippen molar-refractivity contribution in [1.29, 1.82) is 0 Å². The maximum absolute atomic E-state index is 11.5. The quantitative estimate of drug-likeness (QED) is 0.826. The summed E-state index contributed by atoms with van der Waals surface area (Å²) < 4.78 is 0. The molecule has 4 nitrogen and oxygen atoms in total. The number of likely N-dealkylation sites (tertiary alicyclic amines) is 2. The van der Waals surface area contributed by atoms with Gasteiger partial charge in [-0.15, -0.1) is 0 Å². The summed E-state index contributed by atoms with van der Waals surface area (Å²) in [5.41, 5.74) is 1.48. The van der Waals surface area contributed by atoms with Crippen molar-refractivity contribution in [3.63, 3.8) is 0 Å². The summed E-state index contributed by atoms with van der Waals surface area (Å²) in [6.07, 6.45) is 5.52. The van der Waals surface area contributed by atoms with Gasteiger partial charge in [0.1, 0.15) is 0 Å². The molecule has 0 bridgehead atoms. The van der Waals surface area contributed by atoms with E-state index in [-0.39, 0.29) is 5.91 Å². The van der Waals surface area contributed by atoms with Crippen LogP contribution in [-0.4, -0.2) is 46.9 Å². The summed E-state index contributed by atoms with van der Waals surface area (Å²) in [5.74, 6) is 0.226. The molecule has 1 unspecified atom stereocenters. The van der Waals surface area contributed by atoms with Gasteiger partial charge in [-0.25, -0.2) is 0 Å². The van der Waals surface area contributed by atoms with E-state index in [9.17, 15) is 4.79 Å². The molecule has 2 fully saturated rings. The Morgan fingerprint density at radius 1 is 1.30 bits per heavy atom. The fourth-order valence-corrected chi connectivity index (χ4v) is 3.70. The van der Waals surface area contributed by atoms with Gasteiger partial charge in [0.2, 0.25) is 5.91 Å². The Hall–Kier alpha value is -1.42. The van der Waals surface area contributed by atoms with Crippen molar-refractivity contribution in [3.8, 4) is 0 Å². The van der Waals surface area contributed by atoms with Crippen LogP contribution in [0.15, 0.2) is 24.4 Å². The van der Waals surface area contributed by atoms with Crippen molar-refractivity contribution in [1.82, 2.24) is 14.8 Å². The van der Waals surface area contributed by atoms with Crippen molar-refractivity contribution in [3.05, 3.63) is 30.1 Å². The van der Waals surface area contributed by atoms with E-state index >= 15 is 0 Å². The number of hydrogen-bond acceptors (Lipinski definition) is 3. The van der Waals surface area contributed by atoms with Crippen LogP contribution in [0, 0.1) is 5.41 Å². The highest BCUT2D eigenvalue weighted by atomic mass is 16.2. The minimum absolute atomic E-state index is 0.226. The molecule has 0 N–H and O–H groups in total. The first-order valence-corrected chi connectivity index (χ1v) is 7.55. The van der Waals surface area contributed by atoms with Gasteiger partial charge < -0.3 is 4.90 Å². The molecular weight excluding hydrogens is 250 g/mol. The van der Waals surface area contributed by atoms with E-state index in [1.54, 1.807) is 6.92 Å². The molecule has 0 saturated carbocycles. The summed E-state index contributed by atoms with van der Waals surface area (Å²) in [6, 6.07) is 6.11. The molecule has 0 aliphatic carbocycles. The second-order valence-electron chi connectivity index (χ2n) is 6.33. The summed E-state index contributed by atoms with van der Waals surface area (Å²) in [6.45, 7) is 6.76. The third-order valence-corrected chi connectivity index (χ3v) is 4.74. The highest BCUT2D eigenvalue weighted by molar-refractivity contribution is 5.73. The monoisotopic (exact) mass is 273 g/mol. The smallest absolute Gasteiger partial charge is 0.219 e. The predicted molar refractivity (Wildman–Crippen MR) is 78.1 cm³/mol. The lowest BCUT2D eigenvalue weighted by Crippen LogP contribution is -2.44. The molecule has 2 aliphatic heterocycles. The van der Waals surface area contributed by atoms with Crippen LogP contribution in [0.25, 0.3) is 0 Å². The molecule has 1 amide bonds. The lowest BCUT2D eigenvalue weighted by atomic mass is 9.79. The molecule has 108 valence electrons. The van der Waals surface area contributed by atoms with Crippen LogP contribution in [0.5, 0.6) is 0 Å². The largest absolute Gasteiger partial charge is 0.342 e. The number of carbonyl (C=O) groups is 1. The maximum Gasteiger partial charge on any atom is 0.219 e. The zero-order chi connectivity index (χ0) is 14.0. The molecule has 2 saturated heterocycles. The van der Waals surface area contributed by atoms with Crippen molar-refractivity contribution < 1.29 is 4.79 Å². The van der Waals surface area contributed by atoms with Gasteiger partial charge in [0.15, 0.2) is 0 Å². The summed E-state index contributed by atoms with van der Waals surface area (Å²) in [5, 5.41) is 0. The van der Waals surface area contributed by atoms with Crippen LogP contribution in [0.2, 0.25) is 0 Å². The molecule has 0 radical (unpaired) electrons. The fraction of sp³-hybridized carbons (Fsp3) is 0.625. The Labute approximate surface area is 120 Å². The highest BCUT2D eigenvalue weighted by Gasteiger charge is 2.41. The molecule has 3 heterocycles. The minimum Gasteiger partial charge on any atom is -0.342 e. The summed E-state index contributed by atoms with van der Waals surface area (Å²) >= 11 is 0. The number of carbonyl (C=O) groups excluding carboxylic acids is 1. The zero-order valence-corrected chi connectivity index (χ0v) is 12.2. The molecule has 2 aliphatic rings. The number of aromatic nitrogens is 1. The van der Waals surface area contributed by atoms with Gasteiger partial charge in [0.25, 0.3) is 0 Å². The Kier molecular flexibility index (Phi) is 3.74. The Morgan fingerprint density at radius 3 is 2.90 bits per heavy atom. The summed E-state index contributed by atoms with van der Waals surface area (Å²) in [7, 11) is 0. The average Bonchev–Trinajstić information content (AvgIpc) is 2.84. The van der Waals surface area contributed by atoms with Gasteiger partial charge >= 0.3 is 0 Å². The van der Waals surface area contributed by atoms with Gasteiger partial charge in [-0.2, -0.15) is 0 Å². The van der Waals surface area contributed by atoms with E-state index in [1.807, 2.05) is 17.2 Å². The Bertz CT molecular complexity index is 476. The van der Waals surface area contributed by atoms with Gasteiger partial charge in [-0.3, -0.25) is 14.7 Å².